The quantitative estimate of drug-likeness (QED) is 0.226. The fraction of sp³-hybridized carbons (Fsp3) is 0.905. The van der Waals surface area contributed by atoms with E-state index in [2.05, 4.69) is 12.2 Å². The zero-order valence-corrected chi connectivity index (χ0v) is 16.5. The molecule has 0 aromatic heterocycles. The van der Waals surface area contributed by atoms with Crippen molar-refractivity contribution in [3.8, 4) is 0 Å². The minimum atomic E-state index is -1.07. The second-order valence-corrected chi connectivity index (χ2v) is 7.22. The third-order valence-electron chi connectivity index (χ3n) is 4.66. The smallest absolute Gasteiger partial charge is 0.312 e. The number of carbonyl (C=O) groups is 2. The summed E-state index contributed by atoms with van der Waals surface area (Å²) in [6.45, 7) is 2.87. The molecule has 0 aliphatic carbocycles. The second-order valence-electron chi connectivity index (χ2n) is 7.22. The Hall–Kier alpha value is -1.06. The van der Waals surface area contributed by atoms with Crippen molar-refractivity contribution in [1.29, 1.82) is 0 Å². The Morgan fingerprint density at radius 2 is 1.00 bits per heavy atom. The molecule has 25 heavy (non-hydrogen) atoms. The summed E-state index contributed by atoms with van der Waals surface area (Å²) in [6.07, 6.45) is 20.8. The number of rotatable bonds is 19. The molecule has 2 N–H and O–H groups in total. The topological polar surface area (TPSA) is 66.4 Å². The number of aliphatic carboxylic acids is 1. The van der Waals surface area contributed by atoms with E-state index < -0.39 is 12.4 Å². The monoisotopic (exact) mass is 355 g/mol. The first-order chi connectivity index (χ1) is 12.2. The molecule has 0 aliphatic heterocycles. The predicted octanol–water partition coefficient (Wildman–Crippen LogP) is 5.84. The van der Waals surface area contributed by atoms with Crippen LogP contribution in [-0.2, 0) is 9.59 Å². The Balaban J connectivity index is 3.07. The lowest BCUT2D eigenvalue weighted by atomic mass is 10.0. The van der Waals surface area contributed by atoms with Crippen molar-refractivity contribution < 1.29 is 14.7 Å². The molecular weight excluding hydrogens is 314 g/mol. The van der Waals surface area contributed by atoms with Crippen LogP contribution in [0.4, 0.5) is 0 Å². The van der Waals surface area contributed by atoms with Gasteiger partial charge in [-0.2, -0.15) is 0 Å². The minimum absolute atomic E-state index is 0.381. The van der Waals surface area contributed by atoms with Crippen LogP contribution in [0.3, 0.4) is 0 Å². The zero-order chi connectivity index (χ0) is 18.6. The Bertz CT molecular complexity index is 318. The highest BCUT2D eigenvalue weighted by atomic mass is 16.4. The molecular formula is C21H41NO3. The Labute approximate surface area is 155 Å². The van der Waals surface area contributed by atoms with Crippen molar-refractivity contribution in [2.75, 3.05) is 6.54 Å². The van der Waals surface area contributed by atoms with Gasteiger partial charge in [0.25, 0.3) is 0 Å². The van der Waals surface area contributed by atoms with Crippen LogP contribution in [0.2, 0.25) is 0 Å². The summed E-state index contributed by atoms with van der Waals surface area (Å²) < 4.78 is 0. The number of nitrogens with one attached hydrogen (secondary N) is 1. The number of unbranched alkanes of at least 4 members (excludes halogenated alkanes) is 15. The molecule has 4 nitrogen and oxygen atoms in total. The standard InChI is InChI=1S/C21H41NO3/c1-2-3-4-5-6-7-8-9-10-11-12-13-14-15-16-17-18-22-20(23)19-21(24)25/h2-19H2,1H3,(H,22,23)(H,24,25). The fourth-order valence-corrected chi connectivity index (χ4v) is 3.10. The average molecular weight is 356 g/mol. The molecule has 0 aliphatic rings. The first-order valence-corrected chi connectivity index (χ1v) is 10.6. The van der Waals surface area contributed by atoms with Gasteiger partial charge in [-0.1, -0.05) is 103 Å². The largest absolute Gasteiger partial charge is 0.481 e. The summed E-state index contributed by atoms with van der Waals surface area (Å²) in [7, 11) is 0. The lowest BCUT2D eigenvalue weighted by Crippen LogP contribution is -2.26. The van der Waals surface area contributed by atoms with Crippen molar-refractivity contribution >= 4 is 11.9 Å². The Morgan fingerprint density at radius 3 is 1.36 bits per heavy atom. The van der Waals surface area contributed by atoms with E-state index in [9.17, 15) is 9.59 Å². The summed E-state index contributed by atoms with van der Waals surface area (Å²) in [5, 5.41) is 11.1. The van der Waals surface area contributed by atoms with E-state index in [0.29, 0.717) is 6.54 Å². The van der Waals surface area contributed by atoms with E-state index in [-0.39, 0.29) is 5.91 Å². The maximum atomic E-state index is 11.1. The molecule has 0 heterocycles. The van der Waals surface area contributed by atoms with Gasteiger partial charge in [0.15, 0.2) is 0 Å². The van der Waals surface area contributed by atoms with Gasteiger partial charge < -0.3 is 10.4 Å². The molecule has 1 amide bonds. The Morgan fingerprint density at radius 1 is 0.640 bits per heavy atom. The van der Waals surface area contributed by atoms with Gasteiger partial charge in [-0.3, -0.25) is 9.59 Å². The number of carboxylic acid groups (broad SMARTS) is 1. The summed E-state index contributed by atoms with van der Waals surface area (Å²) in [6, 6.07) is 0. The highest BCUT2D eigenvalue weighted by molar-refractivity contribution is 5.93. The molecule has 0 bridgehead atoms. The van der Waals surface area contributed by atoms with Crippen LogP contribution in [0.25, 0.3) is 0 Å². The van der Waals surface area contributed by atoms with Crippen molar-refractivity contribution in [3.05, 3.63) is 0 Å². The molecule has 0 atom stereocenters. The van der Waals surface area contributed by atoms with E-state index in [0.717, 1.165) is 12.8 Å². The summed E-state index contributed by atoms with van der Waals surface area (Å²) in [4.78, 5) is 21.5. The van der Waals surface area contributed by atoms with Crippen LogP contribution in [0.15, 0.2) is 0 Å². The third kappa shape index (κ3) is 20.9. The van der Waals surface area contributed by atoms with Crippen LogP contribution in [0.1, 0.15) is 116 Å². The van der Waals surface area contributed by atoms with Crippen molar-refractivity contribution in [2.24, 2.45) is 0 Å². The SMILES string of the molecule is CCCCCCCCCCCCCCCCCCNC(=O)CC(=O)O. The predicted molar refractivity (Wildman–Crippen MR) is 105 cm³/mol. The number of amides is 1. The van der Waals surface area contributed by atoms with Gasteiger partial charge in [0.1, 0.15) is 6.42 Å². The summed E-state index contributed by atoms with van der Waals surface area (Å²) in [5.74, 6) is -1.45. The van der Waals surface area contributed by atoms with Gasteiger partial charge >= 0.3 is 5.97 Å². The van der Waals surface area contributed by atoms with Crippen LogP contribution < -0.4 is 5.32 Å². The normalized spacial score (nSPS) is 10.8. The highest BCUT2D eigenvalue weighted by Gasteiger charge is 2.05. The molecule has 148 valence electrons. The number of hydrogen-bond donors (Lipinski definition) is 2. The summed E-state index contributed by atoms with van der Waals surface area (Å²) in [5.41, 5.74) is 0. The van der Waals surface area contributed by atoms with Crippen LogP contribution >= 0.6 is 0 Å². The van der Waals surface area contributed by atoms with Gasteiger partial charge in [0.2, 0.25) is 5.91 Å². The second kappa shape index (κ2) is 19.3. The molecule has 0 radical (unpaired) electrons. The van der Waals surface area contributed by atoms with E-state index in [1.807, 2.05) is 0 Å². The maximum Gasteiger partial charge on any atom is 0.312 e. The lowest BCUT2D eigenvalue weighted by molar-refractivity contribution is -0.140. The van der Waals surface area contributed by atoms with E-state index >= 15 is 0 Å². The molecule has 0 unspecified atom stereocenters. The molecule has 0 saturated carbocycles. The van der Waals surface area contributed by atoms with Gasteiger partial charge in [-0.05, 0) is 6.42 Å². The van der Waals surface area contributed by atoms with Crippen LogP contribution in [-0.4, -0.2) is 23.5 Å². The van der Waals surface area contributed by atoms with Gasteiger partial charge in [-0.15, -0.1) is 0 Å². The fourth-order valence-electron chi connectivity index (χ4n) is 3.10. The number of hydrogen-bond acceptors (Lipinski definition) is 2. The van der Waals surface area contributed by atoms with Crippen LogP contribution in [0.5, 0.6) is 0 Å². The van der Waals surface area contributed by atoms with E-state index in [1.54, 1.807) is 0 Å². The van der Waals surface area contributed by atoms with E-state index in [4.69, 9.17) is 5.11 Å². The summed E-state index contributed by atoms with van der Waals surface area (Å²) >= 11 is 0. The first-order valence-electron chi connectivity index (χ1n) is 10.6. The highest BCUT2D eigenvalue weighted by Crippen LogP contribution is 2.13. The molecule has 0 aromatic rings. The maximum absolute atomic E-state index is 11.1. The molecule has 0 aromatic carbocycles. The number of carboxylic acids is 1. The molecule has 4 heteroatoms. The van der Waals surface area contributed by atoms with Gasteiger partial charge in [-0.25, -0.2) is 0 Å². The lowest BCUT2D eigenvalue weighted by Gasteiger charge is -2.04. The minimum Gasteiger partial charge on any atom is -0.481 e. The van der Waals surface area contributed by atoms with Crippen molar-refractivity contribution in [1.82, 2.24) is 5.32 Å². The molecule has 0 spiro atoms. The average Bonchev–Trinajstić information content (AvgIpc) is 2.57. The molecule has 0 fully saturated rings. The third-order valence-corrected chi connectivity index (χ3v) is 4.66. The van der Waals surface area contributed by atoms with Crippen molar-refractivity contribution in [2.45, 2.75) is 116 Å². The van der Waals surface area contributed by atoms with E-state index in [1.165, 1.54) is 89.9 Å². The molecule has 0 saturated heterocycles. The van der Waals surface area contributed by atoms with Gasteiger partial charge in [0, 0.05) is 6.54 Å². The zero-order valence-electron chi connectivity index (χ0n) is 16.5. The Kier molecular flexibility index (Phi) is 18.5. The van der Waals surface area contributed by atoms with Gasteiger partial charge in [0.05, 0.1) is 0 Å². The van der Waals surface area contributed by atoms with Crippen LogP contribution in [0, 0.1) is 0 Å². The molecule has 0 rings (SSSR count). The number of carbonyl (C=O) groups excluding carboxylic acids is 1. The van der Waals surface area contributed by atoms with Crippen molar-refractivity contribution in [3.63, 3.8) is 0 Å². The first kappa shape index (κ1) is 23.9.